The Balaban J connectivity index is 1.77. The average molecular weight is 298 g/mol. The number of rotatable bonds is 8. The molecule has 1 fully saturated rings. The van der Waals surface area contributed by atoms with Crippen molar-refractivity contribution in [1.82, 2.24) is 10.3 Å². The van der Waals surface area contributed by atoms with Gasteiger partial charge in [0.2, 0.25) is 0 Å². The molecule has 1 aromatic heterocycles. The number of aliphatic hydroxyl groups excluding tert-OH is 1. The SMILES string of the molecule is CC(CO)CCCNC(=O)c1sc(NC2CC2)nc1N. The molecule has 1 amide bonds. The molecule has 1 atom stereocenters. The lowest BCUT2D eigenvalue weighted by Crippen LogP contribution is -2.24. The summed E-state index contributed by atoms with van der Waals surface area (Å²) in [5, 5.41) is 15.7. The van der Waals surface area contributed by atoms with Crippen LogP contribution in [0.15, 0.2) is 0 Å². The van der Waals surface area contributed by atoms with Crippen LogP contribution in [0.5, 0.6) is 0 Å². The van der Waals surface area contributed by atoms with E-state index in [1.165, 1.54) is 11.3 Å². The van der Waals surface area contributed by atoms with Crippen LogP contribution in [-0.4, -0.2) is 35.2 Å². The molecule has 1 heterocycles. The number of thiazole rings is 1. The number of aliphatic hydroxyl groups is 1. The van der Waals surface area contributed by atoms with Gasteiger partial charge in [-0.05, 0) is 31.6 Å². The molecule has 2 rings (SSSR count). The van der Waals surface area contributed by atoms with Gasteiger partial charge in [-0.25, -0.2) is 4.98 Å². The van der Waals surface area contributed by atoms with Crippen LogP contribution in [0.2, 0.25) is 0 Å². The molecule has 7 heteroatoms. The standard InChI is InChI=1S/C13H22N4O2S/c1-8(7-18)3-2-6-15-12(19)10-11(14)17-13(20-10)16-9-4-5-9/h8-9,18H,2-7,14H2,1H3,(H,15,19)(H,16,17). The molecule has 0 spiro atoms. The van der Waals surface area contributed by atoms with Crippen molar-refractivity contribution in [3.63, 3.8) is 0 Å². The van der Waals surface area contributed by atoms with Gasteiger partial charge in [0.15, 0.2) is 5.13 Å². The van der Waals surface area contributed by atoms with Gasteiger partial charge in [0, 0.05) is 19.2 Å². The monoisotopic (exact) mass is 298 g/mol. The third-order valence-corrected chi connectivity index (χ3v) is 4.24. The number of nitrogens with two attached hydrogens (primary N) is 1. The smallest absolute Gasteiger partial charge is 0.265 e. The van der Waals surface area contributed by atoms with E-state index in [9.17, 15) is 4.79 Å². The Hall–Kier alpha value is -1.34. The number of hydrogen-bond donors (Lipinski definition) is 4. The lowest BCUT2D eigenvalue weighted by atomic mass is 10.1. The van der Waals surface area contributed by atoms with Gasteiger partial charge >= 0.3 is 0 Å². The molecule has 0 aliphatic heterocycles. The fourth-order valence-electron chi connectivity index (χ4n) is 1.78. The normalized spacial score (nSPS) is 15.9. The van der Waals surface area contributed by atoms with Crippen molar-refractivity contribution in [2.24, 2.45) is 5.92 Å². The summed E-state index contributed by atoms with van der Waals surface area (Å²) >= 11 is 1.31. The van der Waals surface area contributed by atoms with E-state index in [0.29, 0.717) is 23.3 Å². The van der Waals surface area contributed by atoms with Crippen molar-refractivity contribution < 1.29 is 9.90 Å². The first kappa shape index (κ1) is 15.1. The number of anilines is 2. The molecule has 5 N–H and O–H groups in total. The Labute approximate surface area is 122 Å². The van der Waals surface area contributed by atoms with Crippen LogP contribution in [0.4, 0.5) is 10.9 Å². The minimum absolute atomic E-state index is 0.166. The van der Waals surface area contributed by atoms with Crippen molar-refractivity contribution in [3.8, 4) is 0 Å². The first-order valence-electron chi connectivity index (χ1n) is 7.02. The minimum atomic E-state index is -0.166. The Morgan fingerprint density at radius 1 is 1.60 bits per heavy atom. The van der Waals surface area contributed by atoms with E-state index in [0.717, 1.165) is 30.8 Å². The van der Waals surface area contributed by atoms with Gasteiger partial charge in [-0.1, -0.05) is 18.3 Å². The summed E-state index contributed by atoms with van der Waals surface area (Å²) in [6.45, 7) is 2.76. The topological polar surface area (TPSA) is 100 Å². The van der Waals surface area contributed by atoms with Crippen LogP contribution < -0.4 is 16.4 Å². The van der Waals surface area contributed by atoms with Gasteiger partial charge in [0.1, 0.15) is 10.7 Å². The minimum Gasteiger partial charge on any atom is -0.396 e. The number of nitrogens with one attached hydrogen (secondary N) is 2. The van der Waals surface area contributed by atoms with Gasteiger partial charge in [-0.3, -0.25) is 4.79 Å². The first-order chi connectivity index (χ1) is 9.60. The van der Waals surface area contributed by atoms with Gasteiger partial charge in [0.25, 0.3) is 5.91 Å². The molecule has 1 aromatic rings. The lowest BCUT2D eigenvalue weighted by molar-refractivity contribution is 0.0957. The third-order valence-electron chi connectivity index (χ3n) is 3.24. The molecule has 0 bridgehead atoms. The second-order valence-corrected chi connectivity index (χ2v) is 6.34. The van der Waals surface area contributed by atoms with E-state index < -0.39 is 0 Å². The number of hydrogen-bond acceptors (Lipinski definition) is 6. The maximum Gasteiger partial charge on any atom is 0.265 e. The lowest BCUT2D eigenvalue weighted by Gasteiger charge is -2.07. The molecule has 20 heavy (non-hydrogen) atoms. The molecule has 1 saturated carbocycles. The summed E-state index contributed by atoms with van der Waals surface area (Å²) in [4.78, 5) is 16.6. The van der Waals surface area contributed by atoms with Crippen molar-refractivity contribution in [2.45, 2.75) is 38.6 Å². The first-order valence-corrected chi connectivity index (χ1v) is 7.83. The van der Waals surface area contributed by atoms with Crippen molar-refractivity contribution in [1.29, 1.82) is 0 Å². The molecule has 0 aromatic carbocycles. The summed E-state index contributed by atoms with van der Waals surface area (Å²) in [6.07, 6.45) is 4.05. The number of carbonyl (C=O) groups excluding carboxylic acids is 1. The number of nitrogen functional groups attached to an aromatic ring is 1. The highest BCUT2D eigenvalue weighted by atomic mass is 32.1. The van der Waals surface area contributed by atoms with Gasteiger partial charge in [0.05, 0.1) is 0 Å². The molecule has 1 aliphatic rings. The van der Waals surface area contributed by atoms with E-state index in [1.807, 2.05) is 6.92 Å². The molecule has 6 nitrogen and oxygen atoms in total. The van der Waals surface area contributed by atoms with Crippen LogP contribution in [0.1, 0.15) is 42.3 Å². The van der Waals surface area contributed by atoms with Crippen molar-refractivity contribution in [3.05, 3.63) is 4.88 Å². The van der Waals surface area contributed by atoms with E-state index >= 15 is 0 Å². The zero-order chi connectivity index (χ0) is 14.5. The molecule has 1 aliphatic carbocycles. The largest absolute Gasteiger partial charge is 0.396 e. The zero-order valence-electron chi connectivity index (χ0n) is 11.7. The van der Waals surface area contributed by atoms with Gasteiger partial charge in [-0.15, -0.1) is 0 Å². The van der Waals surface area contributed by atoms with E-state index in [1.54, 1.807) is 0 Å². The highest BCUT2D eigenvalue weighted by molar-refractivity contribution is 7.18. The second kappa shape index (κ2) is 6.90. The maximum absolute atomic E-state index is 12.0. The zero-order valence-corrected chi connectivity index (χ0v) is 12.5. The highest BCUT2D eigenvalue weighted by Gasteiger charge is 2.24. The van der Waals surface area contributed by atoms with Crippen LogP contribution in [0, 0.1) is 5.92 Å². The Bertz CT molecular complexity index is 459. The van der Waals surface area contributed by atoms with Crippen LogP contribution in [-0.2, 0) is 0 Å². The van der Waals surface area contributed by atoms with E-state index in [2.05, 4.69) is 15.6 Å². The number of nitrogens with zero attached hydrogens (tertiary/aromatic N) is 1. The molecular weight excluding hydrogens is 276 g/mol. The predicted octanol–water partition coefficient (Wildman–Crippen LogP) is 1.44. The number of carbonyl (C=O) groups is 1. The maximum atomic E-state index is 12.0. The fraction of sp³-hybridized carbons (Fsp3) is 0.692. The van der Waals surface area contributed by atoms with Crippen molar-refractivity contribution >= 4 is 28.2 Å². The molecular formula is C13H22N4O2S. The number of aromatic nitrogens is 1. The van der Waals surface area contributed by atoms with Gasteiger partial charge in [-0.2, -0.15) is 0 Å². The van der Waals surface area contributed by atoms with Crippen LogP contribution in [0.25, 0.3) is 0 Å². The summed E-state index contributed by atoms with van der Waals surface area (Å²) < 4.78 is 0. The summed E-state index contributed by atoms with van der Waals surface area (Å²) in [7, 11) is 0. The Morgan fingerprint density at radius 2 is 2.35 bits per heavy atom. The van der Waals surface area contributed by atoms with Crippen LogP contribution >= 0.6 is 11.3 Å². The van der Waals surface area contributed by atoms with Gasteiger partial charge < -0.3 is 21.5 Å². The van der Waals surface area contributed by atoms with Crippen LogP contribution in [0.3, 0.4) is 0 Å². The number of amides is 1. The van der Waals surface area contributed by atoms with E-state index in [-0.39, 0.29) is 18.4 Å². The Morgan fingerprint density at radius 3 is 3.00 bits per heavy atom. The molecule has 0 saturated heterocycles. The summed E-state index contributed by atoms with van der Waals surface area (Å²) in [5.74, 6) is 0.398. The van der Waals surface area contributed by atoms with Crippen molar-refractivity contribution in [2.75, 3.05) is 24.2 Å². The highest BCUT2D eigenvalue weighted by Crippen LogP contribution is 2.30. The predicted molar refractivity (Wildman–Crippen MR) is 81.0 cm³/mol. The van der Waals surface area contributed by atoms with E-state index in [4.69, 9.17) is 10.8 Å². The Kier molecular flexibility index (Phi) is 5.19. The second-order valence-electron chi connectivity index (χ2n) is 5.34. The quantitative estimate of drug-likeness (QED) is 0.544. The molecule has 1 unspecified atom stereocenters. The average Bonchev–Trinajstić information content (AvgIpc) is 3.16. The third kappa shape index (κ3) is 4.35. The molecule has 0 radical (unpaired) electrons. The fourth-order valence-corrected chi connectivity index (χ4v) is 2.66. The summed E-state index contributed by atoms with van der Waals surface area (Å²) in [6, 6.07) is 0.497. The molecule has 112 valence electrons. The summed E-state index contributed by atoms with van der Waals surface area (Å²) in [5.41, 5.74) is 5.78.